The Bertz CT molecular complexity index is 2520. The molecule has 0 bridgehead atoms. The fourth-order valence-corrected chi connectivity index (χ4v) is 6.86. The molecule has 0 saturated carbocycles. The minimum atomic E-state index is 1.03. The fraction of sp³-hybridized carbons (Fsp3) is 0.0233. The second kappa shape index (κ2) is 10.5. The lowest BCUT2D eigenvalue weighted by molar-refractivity contribution is 1.07. The summed E-state index contributed by atoms with van der Waals surface area (Å²) in [7, 11) is 0. The Morgan fingerprint density at radius 1 is 0.500 bits per heavy atom. The molecule has 8 rings (SSSR count). The van der Waals surface area contributed by atoms with Crippen LogP contribution < -0.4 is 10.6 Å². The largest absolute Gasteiger partial charge is 0.309 e. The molecule has 0 unspecified atom stereocenters. The van der Waals surface area contributed by atoms with E-state index in [1.807, 2.05) is 12.1 Å². The smallest absolute Gasteiger partial charge is 0.0621 e. The number of para-hydroxylation sites is 1. The molecule has 1 nitrogen and oxygen atoms in total. The summed E-state index contributed by atoms with van der Waals surface area (Å²) in [4.78, 5) is 0. The highest BCUT2D eigenvalue weighted by molar-refractivity contribution is 6.25. The van der Waals surface area contributed by atoms with Crippen molar-refractivity contribution in [1.29, 1.82) is 0 Å². The van der Waals surface area contributed by atoms with Crippen molar-refractivity contribution >= 4 is 55.4 Å². The van der Waals surface area contributed by atoms with Gasteiger partial charge in [0.25, 0.3) is 0 Å². The van der Waals surface area contributed by atoms with Crippen LogP contribution in [0.2, 0.25) is 0 Å². The maximum absolute atomic E-state index is 5.81. The zero-order valence-corrected chi connectivity index (χ0v) is 24.5. The molecule has 1 heterocycles. The molecule has 1 aromatic heterocycles. The Labute approximate surface area is 256 Å². The first-order valence-electron chi connectivity index (χ1n) is 15.0. The first-order valence-corrected chi connectivity index (χ1v) is 15.0. The molecule has 206 valence electrons. The van der Waals surface area contributed by atoms with Crippen molar-refractivity contribution in [2.75, 3.05) is 0 Å². The van der Waals surface area contributed by atoms with E-state index in [9.17, 15) is 0 Å². The van der Waals surface area contributed by atoms with Gasteiger partial charge in [-0.15, -0.1) is 6.42 Å². The molecular weight excluding hydrogens is 530 g/mol. The predicted octanol–water partition coefficient (Wildman–Crippen LogP) is 9.64. The molecule has 0 saturated heterocycles. The zero-order valence-electron chi connectivity index (χ0n) is 24.5. The molecule has 0 radical (unpaired) electrons. The van der Waals surface area contributed by atoms with Crippen LogP contribution in [0.1, 0.15) is 6.92 Å². The Morgan fingerprint density at radius 2 is 1.02 bits per heavy atom. The van der Waals surface area contributed by atoms with E-state index in [2.05, 4.69) is 157 Å². The highest BCUT2D eigenvalue weighted by atomic mass is 15.0. The summed E-state index contributed by atoms with van der Waals surface area (Å²) in [6, 6.07) is 50.4. The van der Waals surface area contributed by atoms with Crippen molar-refractivity contribution in [2.45, 2.75) is 6.92 Å². The molecule has 44 heavy (non-hydrogen) atoms. The van der Waals surface area contributed by atoms with Gasteiger partial charge < -0.3 is 4.57 Å². The van der Waals surface area contributed by atoms with E-state index < -0.39 is 0 Å². The van der Waals surface area contributed by atoms with Crippen LogP contribution in [-0.2, 0) is 0 Å². The van der Waals surface area contributed by atoms with E-state index in [0.717, 1.165) is 21.8 Å². The van der Waals surface area contributed by atoms with Gasteiger partial charge >= 0.3 is 0 Å². The number of aromatic nitrogens is 1. The van der Waals surface area contributed by atoms with E-state index in [4.69, 9.17) is 6.42 Å². The van der Waals surface area contributed by atoms with Gasteiger partial charge in [-0.3, -0.25) is 0 Å². The number of benzene rings is 7. The predicted molar refractivity (Wildman–Crippen MR) is 189 cm³/mol. The number of hydrogen-bond acceptors (Lipinski definition) is 0. The topological polar surface area (TPSA) is 4.93 Å². The summed E-state index contributed by atoms with van der Waals surface area (Å²) < 4.78 is 2.26. The van der Waals surface area contributed by atoms with E-state index in [1.165, 1.54) is 60.0 Å². The minimum absolute atomic E-state index is 1.03. The molecule has 0 spiro atoms. The van der Waals surface area contributed by atoms with Crippen molar-refractivity contribution < 1.29 is 0 Å². The van der Waals surface area contributed by atoms with E-state index in [1.54, 1.807) is 0 Å². The van der Waals surface area contributed by atoms with Crippen LogP contribution in [0.15, 0.2) is 140 Å². The van der Waals surface area contributed by atoms with E-state index in [0.29, 0.717) is 0 Å². The van der Waals surface area contributed by atoms with Crippen molar-refractivity contribution in [3.63, 3.8) is 0 Å². The Hall–Kier alpha value is -5.84. The van der Waals surface area contributed by atoms with Crippen molar-refractivity contribution in [3.8, 4) is 40.3 Å². The van der Waals surface area contributed by atoms with Crippen molar-refractivity contribution in [3.05, 3.63) is 150 Å². The maximum atomic E-state index is 5.81. The molecule has 0 amide bonds. The van der Waals surface area contributed by atoms with Gasteiger partial charge in [-0.1, -0.05) is 115 Å². The van der Waals surface area contributed by atoms with Crippen LogP contribution in [0.4, 0.5) is 0 Å². The van der Waals surface area contributed by atoms with Crippen LogP contribution in [0, 0.1) is 12.3 Å². The molecule has 1 heteroatoms. The first-order chi connectivity index (χ1) is 21.7. The van der Waals surface area contributed by atoms with Gasteiger partial charge in [0.05, 0.1) is 10.9 Å². The summed E-state index contributed by atoms with van der Waals surface area (Å²) in [6.07, 6.45) is 9.84. The van der Waals surface area contributed by atoms with Crippen LogP contribution in [0.3, 0.4) is 0 Å². The normalized spacial score (nSPS) is 12.5. The van der Waals surface area contributed by atoms with Crippen LogP contribution in [0.25, 0.3) is 83.3 Å². The Morgan fingerprint density at radius 3 is 1.64 bits per heavy atom. The molecule has 0 aliphatic carbocycles. The standard InChI is InChI=1S/C43H29N/c1-3-13-42-34(4-2)41-28-32(23-25-43(41)44(42)33-16-6-5-7-17-33)30-15-12-14-29(26-30)31-22-24-39-37-20-9-8-18-35(37)36-19-10-11-21-38(36)40(39)27-31/h1,4-28H,2H3/b34-4-,42-13+. The lowest BCUT2D eigenvalue weighted by atomic mass is 9.91. The van der Waals surface area contributed by atoms with Crippen LogP contribution in [0.5, 0.6) is 0 Å². The molecule has 0 aliphatic heterocycles. The quantitative estimate of drug-likeness (QED) is 0.150. The van der Waals surface area contributed by atoms with Gasteiger partial charge in [0.2, 0.25) is 0 Å². The second-order valence-corrected chi connectivity index (χ2v) is 11.2. The summed E-state index contributed by atoms with van der Waals surface area (Å²) in [6.45, 7) is 2.08. The highest BCUT2D eigenvalue weighted by Crippen LogP contribution is 2.37. The first kappa shape index (κ1) is 25.8. The number of rotatable bonds is 3. The maximum Gasteiger partial charge on any atom is 0.0621 e. The number of terminal acetylenes is 1. The zero-order chi connectivity index (χ0) is 29.6. The van der Waals surface area contributed by atoms with Gasteiger partial charge in [0, 0.05) is 22.4 Å². The lowest BCUT2D eigenvalue weighted by Crippen LogP contribution is -2.27. The fourth-order valence-electron chi connectivity index (χ4n) is 6.86. The third kappa shape index (κ3) is 4.04. The SMILES string of the molecule is C#C/C=c1\c(=C/C)c2cc(-c3cccc(-c4ccc5c6ccccc6c6ccccc6c5c4)c3)ccc2n1-c1ccccc1. The monoisotopic (exact) mass is 559 g/mol. The minimum Gasteiger partial charge on any atom is -0.309 e. The summed E-state index contributed by atoms with van der Waals surface area (Å²) in [5.41, 5.74) is 7.01. The molecular formula is C43H29N. The molecule has 0 atom stereocenters. The number of fused-ring (bicyclic) bond motifs is 7. The molecule has 8 aromatic rings. The van der Waals surface area contributed by atoms with E-state index in [-0.39, 0.29) is 0 Å². The van der Waals surface area contributed by atoms with Crippen LogP contribution in [-0.4, -0.2) is 4.57 Å². The third-order valence-corrected chi connectivity index (χ3v) is 8.84. The molecule has 0 N–H and O–H groups in total. The van der Waals surface area contributed by atoms with Gasteiger partial charge in [0.1, 0.15) is 0 Å². The Kier molecular flexibility index (Phi) is 6.14. The summed E-state index contributed by atoms with van der Waals surface area (Å²) >= 11 is 0. The summed E-state index contributed by atoms with van der Waals surface area (Å²) in [5, 5.41) is 11.1. The van der Waals surface area contributed by atoms with Crippen LogP contribution >= 0.6 is 0 Å². The second-order valence-electron chi connectivity index (χ2n) is 11.2. The lowest BCUT2D eigenvalue weighted by Gasteiger charge is -2.12. The van der Waals surface area contributed by atoms with Gasteiger partial charge in [-0.25, -0.2) is 0 Å². The number of hydrogen-bond donors (Lipinski definition) is 0. The number of nitrogens with zero attached hydrogens (tertiary/aromatic N) is 1. The van der Waals surface area contributed by atoms with Crippen molar-refractivity contribution in [1.82, 2.24) is 4.57 Å². The molecule has 7 aromatic carbocycles. The van der Waals surface area contributed by atoms with Gasteiger partial charge in [-0.2, -0.15) is 0 Å². The molecule has 0 aliphatic rings. The Balaban J connectivity index is 1.30. The average Bonchev–Trinajstić information content (AvgIpc) is 3.41. The highest BCUT2D eigenvalue weighted by Gasteiger charge is 2.13. The summed E-state index contributed by atoms with van der Waals surface area (Å²) in [5.74, 6) is 2.77. The van der Waals surface area contributed by atoms with E-state index >= 15 is 0 Å². The third-order valence-electron chi connectivity index (χ3n) is 8.84. The van der Waals surface area contributed by atoms with Gasteiger partial charge in [0.15, 0.2) is 0 Å². The van der Waals surface area contributed by atoms with Crippen molar-refractivity contribution in [2.24, 2.45) is 0 Å². The average molecular weight is 560 g/mol. The molecule has 0 fully saturated rings. The van der Waals surface area contributed by atoms with Gasteiger partial charge in [-0.05, 0) is 97.9 Å².